The SMILES string of the molecule is Cc1ccnn1CCC(=O)N1CCCC(c2nc3ccccc3[nH]2)C1. The molecule has 1 amide bonds. The number of aromatic amines is 1. The minimum Gasteiger partial charge on any atom is -0.342 e. The van der Waals surface area contributed by atoms with Crippen molar-refractivity contribution in [1.82, 2.24) is 24.6 Å². The molecule has 4 rings (SSSR count). The third-order valence-electron chi connectivity index (χ3n) is 5.03. The Kier molecular flexibility index (Phi) is 4.26. The molecule has 2 aromatic heterocycles. The smallest absolute Gasteiger partial charge is 0.224 e. The Morgan fingerprint density at radius 2 is 2.20 bits per heavy atom. The van der Waals surface area contributed by atoms with Gasteiger partial charge in [0.1, 0.15) is 5.82 Å². The fourth-order valence-electron chi connectivity index (χ4n) is 3.59. The van der Waals surface area contributed by atoms with Crippen LogP contribution >= 0.6 is 0 Å². The maximum atomic E-state index is 12.6. The Labute approximate surface area is 146 Å². The molecule has 1 aromatic carbocycles. The normalized spacial score (nSPS) is 18.0. The number of amides is 1. The van der Waals surface area contributed by atoms with Gasteiger partial charge in [-0.05, 0) is 38.0 Å². The molecule has 0 bridgehead atoms. The van der Waals surface area contributed by atoms with E-state index in [1.807, 2.05) is 46.8 Å². The van der Waals surface area contributed by atoms with E-state index in [1.54, 1.807) is 6.20 Å². The molecule has 1 unspecified atom stereocenters. The van der Waals surface area contributed by atoms with Gasteiger partial charge in [-0.25, -0.2) is 4.98 Å². The lowest BCUT2D eigenvalue weighted by atomic mass is 9.97. The maximum Gasteiger partial charge on any atom is 0.224 e. The summed E-state index contributed by atoms with van der Waals surface area (Å²) >= 11 is 0. The van der Waals surface area contributed by atoms with E-state index in [9.17, 15) is 4.79 Å². The van der Waals surface area contributed by atoms with Crippen LogP contribution in [0.3, 0.4) is 0 Å². The lowest BCUT2D eigenvalue weighted by molar-refractivity contribution is -0.132. The van der Waals surface area contributed by atoms with E-state index in [4.69, 9.17) is 4.98 Å². The van der Waals surface area contributed by atoms with Crippen molar-refractivity contribution in [2.24, 2.45) is 0 Å². The highest BCUT2D eigenvalue weighted by Gasteiger charge is 2.26. The number of piperidine rings is 1. The second-order valence-corrected chi connectivity index (χ2v) is 6.76. The Hall–Kier alpha value is -2.63. The first kappa shape index (κ1) is 15.9. The average molecular weight is 337 g/mol. The third-order valence-corrected chi connectivity index (χ3v) is 5.03. The maximum absolute atomic E-state index is 12.6. The number of carbonyl (C=O) groups is 1. The summed E-state index contributed by atoms with van der Waals surface area (Å²) in [7, 11) is 0. The molecule has 1 aliphatic heterocycles. The highest BCUT2D eigenvalue weighted by Crippen LogP contribution is 2.27. The minimum absolute atomic E-state index is 0.204. The number of likely N-dealkylation sites (tertiary alicyclic amines) is 1. The second-order valence-electron chi connectivity index (χ2n) is 6.76. The molecule has 0 radical (unpaired) electrons. The van der Waals surface area contributed by atoms with Gasteiger partial charge in [0, 0.05) is 43.9 Å². The molecule has 25 heavy (non-hydrogen) atoms. The lowest BCUT2D eigenvalue weighted by Crippen LogP contribution is -2.39. The molecule has 3 aromatic rings. The van der Waals surface area contributed by atoms with E-state index in [0.717, 1.165) is 48.5 Å². The molecule has 6 heteroatoms. The van der Waals surface area contributed by atoms with Crippen molar-refractivity contribution < 1.29 is 4.79 Å². The Balaban J connectivity index is 1.41. The Bertz CT molecular complexity index is 848. The number of nitrogens with one attached hydrogen (secondary N) is 1. The van der Waals surface area contributed by atoms with Gasteiger partial charge < -0.3 is 9.88 Å². The van der Waals surface area contributed by atoms with Crippen LogP contribution in [-0.2, 0) is 11.3 Å². The van der Waals surface area contributed by atoms with E-state index in [2.05, 4.69) is 10.1 Å². The number of rotatable bonds is 4. The van der Waals surface area contributed by atoms with Gasteiger partial charge in [-0.15, -0.1) is 0 Å². The summed E-state index contributed by atoms with van der Waals surface area (Å²) in [5, 5.41) is 4.25. The third kappa shape index (κ3) is 3.29. The fraction of sp³-hybridized carbons (Fsp3) is 0.421. The molecular weight excluding hydrogens is 314 g/mol. The van der Waals surface area contributed by atoms with Gasteiger partial charge in [0.15, 0.2) is 0 Å². The van der Waals surface area contributed by atoms with E-state index in [-0.39, 0.29) is 11.8 Å². The zero-order chi connectivity index (χ0) is 17.2. The minimum atomic E-state index is 0.204. The van der Waals surface area contributed by atoms with E-state index < -0.39 is 0 Å². The molecule has 0 saturated carbocycles. The monoisotopic (exact) mass is 337 g/mol. The number of carbonyl (C=O) groups excluding carboxylic acids is 1. The lowest BCUT2D eigenvalue weighted by Gasteiger charge is -2.32. The van der Waals surface area contributed by atoms with Crippen LogP contribution in [0.5, 0.6) is 0 Å². The van der Waals surface area contributed by atoms with Crippen LogP contribution in [0.4, 0.5) is 0 Å². The van der Waals surface area contributed by atoms with Gasteiger partial charge in [0.25, 0.3) is 0 Å². The molecule has 1 aliphatic rings. The van der Waals surface area contributed by atoms with Crippen molar-refractivity contribution in [2.75, 3.05) is 13.1 Å². The first-order valence-electron chi connectivity index (χ1n) is 8.91. The molecule has 6 nitrogen and oxygen atoms in total. The van der Waals surface area contributed by atoms with Gasteiger partial charge in [-0.3, -0.25) is 9.48 Å². The van der Waals surface area contributed by atoms with Gasteiger partial charge in [0.2, 0.25) is 5.91 Å². The number of aryl methyl sites for hydroxylation is 2. The predicted octanol–water partition coefficient (Wildman–Crippen LogP) is 2.86. The fourth-order valence-corrected chi connectivity index (χ4v) is 3.59. The Morgan fingerprint density at radius 1 is 1.32 bits per heavy atom. The largest absolute Gasteiger partial charge is 0.342 e. The van der Waals surface area contributed by atoms with Crippen LogP contribution in [-0.4, -0.2) is 43.6 Å². The molecule has 0 aliphatic carbocycles. The summed E-state index contributed by atoms with van der Waals surface area (Å²) < 4.78 is 1.89. The summed E-state index contributed by atoms with van der Waals surface area (Å²) in [6.45, 7) is 4.24. The second kappa shape index (κ2) is 6.70. The van der Waals surface area contributed by atoms with Crippen LogP contribution in [0, 0.1) is 6.92 Å². The van der Waals surface area contributed by atoms with E-state index >= 15 is 0 Å². The molecule has 1 saturated heterocycles. The average Bonchev–Trinajstić information content (AvgIpc) is 3.25. The predicted molar refractivity (Wildman–Crippen MR) is 96.2 cm³/mol. The van der Waals surface area contributed by atoms with Gasteiger partial charge >= 0.3 is 0 Å². The zero-order valence-corrected chi connectivity index (χ0v) is 14.5. The highest BCUT2D eigenvalue weighted by molar-refractivity contribution is 5.76. The number of imidazole rings is 1. The van der Waals surface area contributed by atoms with E-state index in [0.29, 0.717) is 13.0 Å². The summed E-state index contributed by atoms with van der Waals surface area (Å²) in [6, 6.07) is 10.0. The zero-order valence-electron chi connectivity index (χ0n) is 14.5. The van der Waals surface area contributed by atoms with Gasteiger partial charge in [0.05, 0.1) is 11.0 Å². The Morgan fingerprint density at radius 3 is 3.00 bits per heavy atom. The first-order chi connectivity index (χ1) is 12.2. The van der Waals surface area contributed by atoms with Crippen molar-refractivity contribution in [3.63, 3.8) is 0 Å². The number of H-pyrrole nitrogens is 1. The van der Waals surface area contributed by atoms with Gasteiger partial charge in [-0.1, -0.05) is 12.1 Å². The summed E-state index contributed by atoms with van der Waals surface area (Å²) in [4.78, 5) is 22.7. The molecular formula is C19H23N5O. The highest BCUT2D eigenvalue weighted by atomic mass is 16.2. The van der Waals surface area contributed by atoms with Crippen LogP contribution in [0.1, 0.15) is 36.7 Å². The summed E-state index contributed by atoms with van der Waals surface area (Å²) in [5.74, 6) is 1.49. The van der Waals surface area contributed by atoms with Crippen LogP contribution in [0.2, 0.25) is 0 Å². The van der Waals surface area contributed by atoms with Gasteiger partial charge in [-0.2, -0.15) is 5.10 Å². The van der Waals surface area contributed by atoms with Crippen LogP contribution in [0.15, 0.2) is 36.5 Å². The molecule has 1 atom stereocenters. The number of hydrogen-bond donors (Lipinski definition) is 1. The molecule has 0 spiro atoms. The standard InChI is InChI=1S/C19H23N5O/c1-14-8-10-20-24(14)12-9-18(25)23-11-4-5-15(13-23)19-21-16-6-2-3-7-17(16)22-19/h2-3,6-8,10,15H,4-5,9,11-13H2,1H3,(H,21,22). The number of nitrogens with zero attached hydrogens (tertiary/aromatic N) is 4. The summed E-state index contributed by atoms with van der Waals surface area (Å²) in [6.07, 6.45) is 4.36. The first-order valence-corrected chi connectivity index (χ1v) is 8.91. The molecule has 1 N–H and O–H groups in total. The van der Waals surface area contributed by atoms with Crippen LogP contribution in [0.25, 0.3) is 11.0 Å². The number of benzene rings is 1. The number of aromatic nitrogens is 4. The van der Waals surface area contributed by atoms with Crippen LogP contribution < -0.4 is 0 Å². The number of para-hydroxylation sites is 2. The molecule has 1 fully saturated rings. The molecule has 130 valence electrons. The quantitative estimate of drug-likeness (QED) is 0.796. The van der Waals surface area contributed by atoms with Crippen molar-refractivity contribution in [2.45, 2.75) is 38.6 Å². The molecule has 3 heterocycles. The van der Waals surface area contributed by atoms with Crippen molar-refractivity contribution >= 4 is 16.9 Å². The van der Waals surface area contributed by atoms with Crippen molar-refractivity contribution in [3.8, 4) is 0 Å². The number of fused-ring (bicyclic) bond motifs is 1. The number of hydrogen-bond acceptors (Lipinski definition) is 3. The summed E-state index contributed by atoms with van der Waals surface area (Å²) in [5.41, 5.74) is 3.15. The van der Waals surface area contributed by atoms with Crippen molar-refractivity contribution in [1.29, 1.82) is 0 Å². The van der Waals surface area contributed by atoms with E-state index in [1.165, 1.54) is 0 Å². The topological polar surface area (TPSA) is 66.8 Å². The van der Waals surface area contributed by atoms with Crippen molar-refractivity contribution in [3.05, 3.63) is 48.0 Å².